The molecule has 2 rings (SSSR count). The zero-order valence-electron chi connectivity index (χ0n) is 12.2. The van der Waals surface area contributed by atoms with E-state index in [1.54, 1.807) is 0 Å². The Morgan fingerprint density at radius 3 is 2.71 bits per heavy atom. The van der Waals surface area contributed by atoms with E-state index in [-0.39, 0.29) is 0 Å². The van der Waals surface area contributed by atoms with Crippen LogP contribution in [0.25, 0.3) is 0 Å². The van der Waals surface area contributed by atoms with Gasteiger partial charge in [-0.05, 0) is 13.8 Å². The Morgan fingerprint density at radius 2 is 2.10 bits per heavy atom. The lowest BCUT2D eigenvalue weighted by Crippen LogP contribution is -2.53. The van der Waals surface area contributed by atoms with E-state index in [4.69, 9.17) is 4.74 Å². The van der Waals surface area contributed by atoms with Crippen molar-refractivity contribution in [2.75, 3.05) is 32.8 Å². The Hall–Kier alpha value is -1.60. The van der Waals surface area contributed by atoms with Crippen LogP contribution in [0.1, 0.15) is 24.3 Å². The van der Waals surface area contributed by atoms with E-state index in [2.05, 4.69) is 15.2 Å². The Labute approximate surface area is 122 Å². The second-order valence-electron chi connectivity index (χ2n) is 5.71. The number of amides is 1. The summed E-state index contributed by atoms with van der Waals surface area (Å²) < 4.78 is 31.6. The van der Waals surface area contributed by atoms with Crippen molar-refractivity contribution in [1.29, 1.82) is 0 Å². The molecule has 0 unspecified atom stereocenters. The second kappa shape index (κ2) is 6.44. The molecular formula is C14H19F2N3O2. The third-order valence-corrected chi connectivity index (χ3v) is 3.20. The number of nitrogens with zero attached hydrogens (tertiary/aromatic N) is 2. The van der Waals surface area contributed by atoms with E-state index in [9.17, 15) is 13.6 Å². The van der Waals surface area contributed by atoms with Crippen molar-refractivity contribution in [2.45, 2.75) is 19.4 Å². The molecule has 1 aromatic heterocycles. The summed E-state index contributed by atoms with van der Waals surface area (Å²) in [6.45, 7) is 7.23. The lowest BCUT2D eigenvalue weighted by atomic mass is 10.0. The van der Waals surface area contributed by atoms with E-state index in [1.165, 1.54) is 0 Å². The number of hydrogen-bond donors (Lipinski definition) is 1. The maximum atomic E-state index is 13.5. The maximum Gasteiger partial charge on any atom is 0.273 e. The fraction of sp³-hybridized carbons (Fsp3) is 0.571. The molecule has 0 bridgehead atoms. The summed E-state index contributed by atoms with van der Waals surface area (Å²) in [4.78, 5) is 17.7. The van der Waals surface area contributed by atoms with Gasteiger partial charge in [0.1, 0.15) is 5.82 Å². The van der Waals surface area contributed by atoms with Crippen molar-refractivity contribution in [3.05, 3.63) is 29.6 Å². The molecule has 7 heteroatoms. The van der Waals surface area contributed by atoms with Crippen molar-refractivity contribution in [2.24, 2.45) is 0 Å². The van der Waals surface area contributed by atoms with Crippen LogP contribution in [-0.2, 0) is 4.74 Å². The SMILES string of the molecule is CC(C)(CN1CCOCC1)NC(=O)c1ncc(F)cc1F. The van der Waals surface area contributed by atoms with Gasteiger partial charge in [-0.2, -0.15) is 0 Å². The standard InChI is InChI=1S/C14H19F2N3O2/c1-14(2,9-19-3-5-21-6-4-19)18-13(20)12-11(16)7-10(15)8-17-12/h7-8H,3-6,9H2,1-2H3,(H,18,20). The molecule has 0 saturated carbocycles. The molecule has 1 aliphatic heterocycles. The van der Waals surface area contributed by atoms with Gasteiger partial charge in [0.05, 0.1) is 19.4 Å². The summed E-state index contributed by atoms with van der Waals surface area (Å²) in [5, 5.41) is 2.73. The van der Waals surface area contributed by atoms with Crippen LogP contribution in [0.4, 0.5) is 8.78 Å². The summed E-state index contributed by atoms with van der Waals surface area (Å²) in [6, 6.07) is 0.650. The molecule has 1 amide bonds. The van der Waals surface area contributed by atoms with E-state index < -0.39 is 28.8 Å². The van der Waals surface area contributed by atoms with Crippen LogP contribution < -0.4 is 5.32 Å². The van der Waals surface area contributed by atoms with E-state index >= 15 is 0 Å². The fourth-order valence-corrected chi connectivity index (χ4v) is 2.31. The average molecular weight is 299 g/mol. The van der Waals surface area contributed by atoms with Crippen LogP contribution in [0.15, 0.2) is 12.3 Å². The number of pyridine rings is 1. The van der Waals surface area contributed by atoms with Gasteiger partial charge in [0.25, 0.3) is 5.91 Å². The molecule has 1 N–H and O–H groups in total. The molecular weight excluding hydrogens is 280 g/mol. The minimum atomic E-state index is -0.963. The number of ether oxygens (including phenoxy) is 1. The predicted molar refractivity (Wildman–Crippen MR) is 73.0 cm³/mol. The first-order valence-electron chi connectivity index (χ1n) is 6.81. The molecule has 0 radical (unpaired) electrons. The molecule has 0 aliphatic carbocycles. The number of hydrogen-bond acceptors (Lipinski definition) is 4. The molecule has 5 nitrogen and oxygen atoms in total. The van der Waals surface area contributed by atoms with Gasteiger partial charge in [-0.3, -0.25) is 9.69 Å². The van der Waals surface area contributed by atoms with Crippen molar-refractivity contribution in [3.8, 4) is 0 Å². The van der Waals surface area contributed by atoms with E-state index in [1.807, 2.05) is 13.8 Å². The lowest BCUT2D eigenvalue weighted by Gasteiger charge is -2.35. The maximum absolute atomic E-state index is 13.5. The predicted octanol–water partition coefficient (Wildman–Crippen LogP) is 1.20. The topological polar surface area (TPSA) is 54.5 Å². The molecule has 0 aromatic carbocycles. The van der Waals surface area contributed by atoms with Gasteiger partial charge in [-0.15, -0.1) is 0 Å². The molecule has 1 aromatic rings. The number of nitrogens with one attached hydrogen (secondary N) is 1. The highest BCUT2D eigenvalue weighted by Crippen LogP contribution is 2.11. The summed E-state index contributed by atoms with van der Waals surface area (Å²) in [6.07, 6.45) is 0.826. The molecule has 0 atom stereocenters. The van der Waals surface area contributed by atoms with Crippen LogP contribution in [0, 0.1) is 11.6 Å². The zero-order chi connectivity index (χ0) is 15.5. The number of halogens is 2. The Balaban J connectivity index is 1.99. The number of carbonyl (C=O) groups is 1. The number of rotatable bonds is 4. The van der Waals surface area contributed by atoms with E-state index in [0.717, 1.165) is 19.3 Å². The van der Waals surface area contributed by atoms with Gasteiger partial charge in [-0.1, -0.05) is 0 Å². The first-order valence-corrected chi connectivity index (χ1v) is 6.81. The van der Waals surface area contributed by atoms with Crippen LogP contribution in [-0.4, -0.2) is 54.2 Å². The molecule has 21 heavy (non-hydrogen) atoms. The third-order valence-electron chi connectivity index (χ3n) is 3.20. The third kappa shape index (κ3) is 4.44. The Kier molecular flexibility index (Phi) is 4.84. The summed E-state index contributed by atoms with van der Waals surface area (Å²) in [5.74, 6) is -2.42. The van der Waals surface area contributed by atoms with Gasteiger partial charge in [0.2, 0.25) is 0 Å². The van der Waals surface area contributed by atoms with Crippen molar-refractivity contribution in [3.63, 3.8) is 0 Å². The molecule has 1 saturated heterocycles. The van der Waals surface area contributed by atoms with Crippen LogP contribution in [0.5, 0.6) is 0 Å². The highest BCUT2D eigenvalue weighted by molar-refractivity contribution is 5.92. The molecule has 1 aliphatic rings. The average Bonchev–Trinajstić information content (AvgIpc) is 2.38. The van der Waals surface area contributed by atoms with Crippen LogP contribution in [0.3, 0.4) is 0 Å². The summed E-state index contributed by atoms with van der Waals surface area (Å²) >= 11 is 0. The number of morpholine rings is 1. The summed E-state index contributed by atoms with van der Waals surface area (Å²) in [7, 11) is 0. The second-order valence-corrected chi connectivity index (χ2v) is 5.71. The Morgan fingerprint density at radius 1 is 1.43 bits per heavy atom. The van der Waals surface area contributed by atoms with Crippen molar-refractivity contribution < 1.29 is 18.3 Å². The van der Waals surface area contributed by atoms with Crippen molar-refractivity contribution >= 4 is 5.91 Å². The minimum absolute atomic E-state index is 0.397. The Bertz CT molecular complexity index is 517. The van der Waals surface area contributed by atoms with Gasteiger partial charge in [-0.25, -0.2) is 13.8 Å². The smallest absolute Gasteiger partial charge is 0.273 e. The highest BCUT2D eigenvalue weighted by Gasteiger charge is 2.27. The van der Waals surface area contributed by atoms with Gasteiger partial charge < -0.3 is 10.1 Å². The molecule has 0 spiro atoms. The number of aromatic nitrogens is 1. The van der Waals surface area contributed by atoms with Crippen molar-refractivity contribution in [1.82, 2.24) is 15.2 Å². The van der Waals surface area contributed by atoms with Gasteiger partial charge >= 0.3 is 0 Å². The molecule has 116 valence electrons. The quantitative estimate of drug-likeness (QED) is 0.908. The molecule has 2 heterocycles. The first kappa shape index (κ1) is 15.8. The zero-order valence-corrected chi connectivity index (χ0v) is 12.2. The summed E-state index contributed by atoms with van der Waals surface area (Å²) in [5.41, 5.74) is -0.955. The normalized spacial score (nSPS) is 16.8. The minimum Gasteiger partial charge on any atom is -0.379 e. The largest absolute Gasteiger partial charge is 0.379 e. The molecule has 1 fully saturated rings. The van der Waals surface area contributed by atoms with Gasteiger partial charge in [0.15, 0.2) is 11.5 Å². The monoisotopic (exact) mass is 299 g/mol. The lowest BCUT2D eigenvalue weighted by molar-refractivity contribution is 0.0268. The van der Waals surface area contributed by atoms with E-state index in [0.29, 0.717) is 25.8 Å². The van der Waals surface area contributed by atoms with Crippen LogP contribution in [0.2, 0.25) is 0 Å². The first-order chi connectivity index (χ1) is 9.87. The van der Waals surface area contributed by atoms with Crippen LogP contribution >= 0.6 is 0 Å². The van der Waals surface area contributed by atoms with Gasteiger partial charge in [0, 0.05) is 31.2 Å². The number of carbonyl (C=O) groups excluding carboxylic acids is 1. The highest BCUT2D eigenvalue weighted by atomic mass is 19.1. The fourth-order valence-electron chi connectivity index (χ4n) is 2.31.